The van der Waals surface area contributed by atoms with Gasteiger partial charge in [-0.05, 0) is 128 Å². The molecule has 7 rings (SSSR count). The standard InChI is InChI=1S/C53H58N4O11/c1-4-24-56(52(61)37-16-12-35(32-54)13-17-37)49-31-46(55-66-34-36-14-18-40(19-15-36)57(62)63)44-29-38(10-6-8-25-58)43(11-7-9-26-59)50-45-30-42(67-41-20-22-47(64-3)39(28-41)33-60)21-23-48(45)68-53(49,51(44)50)65-27-5-2/h5,12-23,28-30,33,38,43,49-51,58-59H,2,4,6-11,24-27,31,34H2,1,3H3. The van der Waals surface area contributed by atoms with Gasteiger partial charge < -0.3 is 38.9 Å². The van der Waals surface area contributed by atoms with Gasteiger partial charge in [-0.15, -0.1) is 6.58 Å². The van der Waals surface area contributed by atoms with Gasteiger partial charge in [-0.25, -0.2) is 0 Å². The summed E-state index contributed by atoms with van der Waals surface area (Å²) in [5, 5.41) is 45.8. The molecule has 15 nitrogen and oxygen atoms in total. The number of nitriles is 1. The lowest BCUT2D eigenvalue weighted by Crippen LogP contribution is -2.70. The van der Waals surface area contributed by atoms with Crippen LogP contribution in [0.25, 0.3) is 0 Å². The molecule has 3 aliphatic rings. The van der Waals surface area contributed by atoms with E-state index in [1.165, 1.54) is 19.2 Å². The number of nitro benzene ring substituents is 1. The number of ether oxygens (including phenoxy) is 4. The highest BCUT2D eigenvalue weighted by atomic mass is 16.7. The largest absolute Gasteiger partial charge is 0.496 e. The number of aliphatic hydroxyl groups excluding tert-OH is 2. The zero-order chi connectivity index (χ0) is 48.2. The van der Waals surface area contributed by atoms with Crippen molar-refractivity contribution in [2.75, 3.05) is 33.5 Å². The Kier molecular flexibility index (Phi) is 16.4. The molecule has 0 radical (unpaired) electrons. The number of non-ortho nitro benzene ring substituents is 1. The number of fused-ring (bicyclic) bond motifs is 2. The van der Waals surface area contributed by atoms with Gasteiger partial charge >= 0.3 is 0 Å². The summed E-state index contributed by atoms with van der Waals surface area (Å²) in [7, 11) is 1.49. The Hall–Kier alpha value is -6.86. The number of amides is 1. The van der Waals surface area contributed by atoms with Crippen molar-refractivity contribution in [3.8, 4) is 29.1 Å². The number of carbonyl (C=O) groups excluding carboxylic acids is 2. The van der Waals surface area contributed by atoms with Crippen LogP contribution in [0.2, 0.25) is 0 Å². The smallest absolute Gasteiger partial charge is 0.269 e. The summed E-state index contributed by atoms with van der Waals surface area (Å²) in [5.74, 6) is -0.984. The van der Waals surface area contributed by atoms with Gasteiger partial charge in [0.05, 0.1) is 47.5 Å². The van der Waals surface area contributed by atoms with Crippen LogP contribution in [0.1, 0.15) is 102 Å². The third kappa shape index (κ3) is 10.5. The second-order valence-electron chi connectivity index (χ2n) is 17.3. The van der Waals surface area contributed by atoms with Crippen molar-refractivity contribution in [2.24, 2.45) is 22.9 Å². The summed E-state index contributed by atoms with van der Waals surface area (Å²) < 4.78 is 26.3. The Labute approximate surface area is 396 Å². The second kappa shape index (κ2) is 22.8. The highest BCUT2D eigenvalue weighted by Crippen LogP contribution is 2.62. The van der Waals surface area contributed by atoms with E-state index < -0.39 is 22.7 Å². The minimum Gasteiger partial charge on any atom is -0.496 e. The number of benzene rings is 4. The molecule has 0 spiro atoms. The molecule has 1 heterocycles. The summed E-state index contributed by atoms with van der Waals surface area (Å²) in [4.78, 5) is 45.9. The van der Waals surface area contributed by atoms with Crippen molar-refractivity contribution in [3.05, 3.63) is 147 Å². The third-order valence-electron chi connectivity index (χ3n) is 13.1. The number of aldehydes is 1. The zero-order valence-electron chi connectivity index (χ0n) is 38.5. The summed E-state index contributed by atoms with van der Waals surface area (Å²) in [6.07, 6.45) is 9.47. The molecule has 0 bridgehead atoms. The summed E-state index contributed by atoms with van der Waals surface area (Å²) in [6, 6.07) is 24.6. The molecule has 1 fully saturated rings. The average Bonchev–Trinajstić information content (AvgIpc) is 3.36. The van der Waals surface area contributed by atoms with Crippen LogP contribution in [0.4, 0.5) is 5.69 Å². The van der Waals surface area contributed by atoms with Crippen LogP contribution in [0, 0.1) is 39.2 Å². The third-order valence-corrected chi connectivity index (χ3v) is 13.1. The minimum atomic E-state index is -1.52. The predicted octanol–water partition coefficient (Wildman–Crippen LogP) is 9.47. The van der Waals surface area contributed by atoms with E-state index in [0.29, 0.717) is 83.1 Å². The molecular formula is C53H58N4O11. The fraction of sp³-hybridized carbons (Fsp3) is 0.396. The normalized spacial score (nSPS) is 21.8. The van der Waals surface area contributed by atoms with Crippen LogP contribution in [0.3, 0.4) is 0 Å². The van der Waals surface area contributed by atoms with E-state index in [0.717, 1.165) is 36.8 Å². The molecule has 68 heavy (non-hydrogen) atoms. The van der Waals surface area contributed by atoms with Crippen LogP contribution in [-0.4, -0.2) is 83.2 Å². The summed E-state index contributed by atoms with van der Waals surface area (Å²) in [5.41, 5.74) is 4.00. The average molecular weight is 927 g/mol. The lowest BCUT2D eigenvalue weighted by atomic mass is 9.55. The molecule has 6 unspecified atom stereocenters. The zero-order valence-corrected chi connectivity index (χ0v) is 38.5. The summed E-state index contributed by atoms with van der Waals surface area (Å²) >= 11 is 0. The number of oxime groups is 1. The molecule has 1 saturated carbocycles. The molecule has 2 N–H and O–H groups in total. The number of rotatable bonds is 23. The van der Waals surface area contributed by atoms with E-state index in [4.69, 9.17) is 28.9 Å². The molecule has 0 aromatic heterocycles. The molecule has 4 aromatic rings. The SMILES string of the molecule is C=CCOC12Oc3ccc(Oc4ccc(OC)c(C=O)c4)cc3C3C(CCCCO)C(CCCCO)C=C(C(=NOCc4ccc([N+](=O)[O-])cc4)CC1N(CCC)C(=O)c1ccc(C#N)cc1)C32. The molecule has 1 amide bonds. The van der Waals surface area contributed by atoms with E-state index in [9.17, 15) is 30.4 Å². The monoisotopic (exact) mass is 926 g/mol. The molecule has 6 atom stereocenters. The van der Waals surface area contributed by atoms with Crippen molar-refractivity contribution in [1.82, 2.24) is 4.90 Å². The highest BCUT2D eigenvalue weighted by Gasteiger charge is 2.65. The lowest BCUT2D eigenvalue weighted by molar-refractivity contribution is -0.384. The molecule has 1 aliphatic heterocycles. The molecule has 4 aromatic carbocycles. The van der Waals surface area contributed by atoms with E-state index in [2.05, 4.69) is 18.7 Å². The van der Waals surface area contributed by atoms with Gasteiger partial charge in [-0.3, -0.25) is 19.7 Å². The van der Waals surface area contributed by atoms with Gasteiger partial charge in [-0.2, -0.15) is 5.26 Å². The summed E-state index contributed by atoms with van der Waals surface area (Å²) in [6.45, 7) is 6.48. The van der Waals surface area contributed by atoms with Gasteiger partial charge in [0, 0.05) is 55.4 Å². The Bertz CT molecular complexity index is 2540. The Morgan fingerprint density at radius 3 is 2.40 bits per heavy atom. The maximum atomic E-state index is 15.0. The Morgan fingerprint density at radius 2 is 1.74 bits per heavy atom. The maximum Gasteiger partial charge on any atom is 0.269 e. The number of hydrogen-bond donors (Lipinski definition) is 2. The van der Waals surface area contributed by atoms with Crippen LogP contribution in [-0.2, 0) is 16.2 Å². The highest BCUT2D eigenvalue weighted by molar-refractivity contribution is 6.03. The van der Waals surface area contributed by atoms with Gasteiger partial charge in [0.15, 0.2) is 6.29 Å². The Balaban J connectivity index is 1.44. The number of hydrogen-bond acceptors (Lipinski definition) is 13. The molecule has 2 aliphatic carbocycles. The number of unbranched alkanes of at least 4 members (excludes halogenated alkanes) is 2. The first kappa shape index (κ1) is 49.1. The molecule has 15 heteroatoms. The maximum absolute atomic E-state index is 15.0. The van der Waals surface area contributed by atoms with Crippen molar-refractivity contribution < 1.29 is 48.5 Å². The van der Waals surface area contributed by atoms with Crippen LogP contribution < -0.4 is 14.2 Å². The first-order valence-corrected chi connectivity index (χ1v) is 23.2. The van der Waals surface area contributed by atoms with Crippen LogP contribution >= 0.6 is 0 Å². The van der Waals surface area contributed by atoms with E-state index in [1.54, 1.807) is 71.6 Å². The van der Waals surface area contributed by atoms with Crippen molar-refractivity contribution in [3.63, 3.8) is 0 Å². The van der Waals surface area contributed by atoms with Gasteiger partial charge in [-0.1, -0.05) is 37.1 Å². The fourth-order valence-electron chi connectivity index (χ4n) is 10.1. The van der Waals surface area contributed by atoms with E-state index >= 15 is 4.79 Å². The van der Waals surface area contributed by atoms with Gasteiger partial charge in [0.2, 0.25) is 5.79 Å². The minimum absolute atomic E-state index is 0.00934. The van der Waals surface area contributed by atoms with E-state index in [-0.39, 0.29) is 62.2 Å². The van der Waals surface area contributed by atoms with Gasteiger partial charge in [0.1, 0.15) is 35.6 Å². The number of carbonyl (C=O) groups is 2. The fourth-order valence-corrected chi connectivity index (χ4v) is 10.1. The number of nitro groups is 1. The lowest BCUT2D eigenvalue weighted by Gasteiger charge is -2.60. The van der Waals surface area contributed by atoms with Crippen LogP contribution in [0.5, 0.6) is 23.0 Å². The Morgan fingerprint density at radius 1 is 1.01 bits per heavy atom. The first-order chi connectivity index (χ1) is 33.1. The number of allylic oxidation sites excluding steroid dienone is 1. The molecular weight excluding hydrogens is 869 g/mol. The van der Waals surface area contributed by atoms with Crippen molar-refractivity contribution in [2.45, 2.75) is 82.6 Å². The predicted molar refractivity (Wildman–Crippen MR) is 254 cm³/mol. The number of nitrogens with zero attached hydrogens (tertiary/aromatic N) is 4. The number of aliphatic hydroxyl groups is 2. The number of methoxy groups -OCH3 is 1. The quantitative estimate of drug-likeness (QED) is 0.0235. The second-order valence-corrected chi connectivity index (χ2v) is 17.3. The first-order valence-electron chi connectivity index (χ1n) is 23.2. The molecule has 0 saturated heterocycles. The topological polar surface area (TPSA) is 203 Å². The van der Waals surface area contributed by atoms with Crippen molar-refractivity contribution in [1.29, 1.82) is 5.26 Å². The molecule has 356 valence electrons. The van der Waals surface area contributed by atoms with Crippen LogP contribution in [0.15, 0.2) is 114 Å². The van der Waals surface area contributed by atoms with E-state index in [1.807, 2.05) is 19.1 Å². The van der Waals surface area contributed by atoms with Gasteiger partial charge in [0.25, 0.3) is 11.6 Å². The van der Waals surface area contributed by atoms with Crippen molar-refractivity contribution >= 4 is 23.6 Å².